The summed E-state index contributed by atoms with van der Waals surface area (Å²) in [7, 11) is 1.22. The molecule has 0 bridgehead atoms. The fourth-order valence-electron chi connectivity index (χ4n) is 2.98. The number of amides is 2. The molecule has 1 aromatic heterocycles. The third-order valence-corrected chi connectivity index (χ3v) is 4.52. The summed E-state index contributed by atoms with van der Waals surface area (Å²) in [6, 6.07) is 15.8. The number of pyridine rings is 1. The lowest BCUT2D eigenvalue weighted by atomic mass is 9.96. The van der Waals surface area contributed by atoms with Crippen molar-refractivity contribution < 1.29 is 19.1 Å². The number of carbonyl (C=O) groups excluding carboxylic acids is 3. The molecule has 2 amide bonds. The second-order valence-electron chi connectivity index (χ2n) is 6.65. The van der Waals surface area contributed by atoms with Crippen LogP contribution >= 0.6 is 0 Å². The Labute approximate surface area is 179 Å². The third kappa shape index (κ3) is 5.74. The maximum Gasteiger partial charge on any atom is 0.315 e. The number of anilines is 2. The van der Waals surface area contributed by atoms with E-state index in [1.165, 1.54) is 7.11 Å². The third-order valence-electron chi connectivity index (χ3n) is 4.52. The van der Waals surface area contributed by atoms with E-state index in [1.54, 1.807) is 60.9 Å². The second kappa shape index (κ2) is 10.1. The minimum Gasteiger partial charge on any atom is -0.469 e. The predicted molar refractivity (Wildman–Crippen MR) is 117 cm³/mol. The number of nitrogens with zero attached hydrogens (tertiary/aromatic N) is 1. The number of nitrogens with one attached hydrogen (secondary N) is 2. The van der Waals surface area contributed by atoms with Gasteiger partial charge in [-0.1, -0.05) is 18.2 Å². The molecular weight excluding hydrogens is 396 g/mol. The van der Waals surface area contributed by atoms with Gasteiger partial charge in [0, 0.05) is 35.9 Å². The summed E-state index contributed by atoms with van der Waals surface area (Å²) in [5.41, 5.74) is 9.90. The Morgan fingerprint density at radius 3 is 2.45 bits per heavy atom. The lowest BCUT2D eigenvalue weighted by molar-refractivity contribution is -0.142. The highest BCUT2D eigenvalue weighted by Gasteiger charge is 2.13. The normalized spacial score (nSPS) is 10.3. The van der Waals surface area contributed by atoms with Crippen molar-refractivity contribution in [1.29, 1.82) is 0 Å². The van der Waals surface area contributed by atoms with Crippen LogP contribution in [-0.4, -0.2) is 29.9 Å². The Morgan fingerprint density at radius 1 is 0.968 bits per heavy atom. The monoisotopic (exact) mass is 418 g/mol. The number of rotatable bonds is 7. The first-order valence-corrected chi connectivity index (χ1v) is 9.51. The van der Waals surface area contributed by atoms with Crippen molar-refractivity contribution in [2.75, 3.05) is 17.7 Å². The Morgan fingerprint density at radius 2 is 1.74 bits per heavy atom. The summed E-state index contributed by atoms with van der Waals surface area (Å²) in [4.78, 5) is 39.9. The molecule has 1 heterocycles. The molecule has 0 fully saturated rings. The second-order valence-corrected chi connectivity index (χ2v) is 6.65. The molecule has 0 aliphatic rings. The van der Waals surface area contributed by atoms with Gasteiger partial charge in [-0.05, 0) is 53.1 Å². The molecular formula is C23H22N4O4. The zero-order valence-corrected chi connectivity index (χ0v) is 16.9. The molecule has 0 atom stereocenters. The fourth-order valence-corrected chi connectivity index (χ4v) is 2.98. The van der Waals surface area contributed by atoms with Crippen LogP contribution in [0.4, 0.5) is 11.4 Å². The number of ether oxygens (including phenoxy) is 1. The maximum absolute atomic E-state index is 12.7. The summed E-state index contributed by atoms with van der Waals surface area (Å²) >= 11 is 0. The molecule has 0 saturated heterocycles. The largest absolute Gasteiger partial charge is 0.469 e. The Balaban J connectivity index is 1.86. The number of methoxy groups -OCH3 is 1. The summed E-state index contributed by atoms with van der Waals surface area (Å²) in [6.45, 7) is 0.278. The molecule has 158 valence electrons. The quantitative estimate of drug-likeness (QED) is 0.400. The number of carbonyl (C=O) groups is 3. The standard InChI is InChI=1S/C23H22N4O4/c1-31-22(29)13-21(28)26-19-4-2-3-15(11-19)20-12-16(5-6-17(20)14-24)23(30)27-18-7-9-25-10-8-18/h2-12H,13-14,24H2,1H3,(H,26,28)(H,25,27,30). The Hall–Kier alpha value is -4.04. The van der Waals surface area contributed by atoms with E-state index in [0.29, 0.717) is 16.9 Å². The van der Waals surface area contributed by atoms with Gasteiger partial charge in [0.2, 0.25) is 5.91 Å². The molecule has 31 heavy (non-hydrogen) atoms. The number of hydrogen-bond acceptors (Lipinski definition) is 6. The molecule has 8 nitrogen and oxygen atoms in total. The fraction of sp³-hybridized carbons (Fsp3) is 0.130. The lowest BCUT2D eigenvalue weighted by Gasteiger charge is -2.13. The summed E-state index contributed by atoms with van der Waals surface area (Å²) in [5.74, 6) is -1.36. The highest BCUT2D eigenvalue weighted by Crippen LogP contribution is 2.28. The van der Waals surface area contributed by atoms with Gasteiger partial charge < -0.3 is 21.1 Å². The van der Waals surface area contributed by atoms with Gasteiger partial charge in [0.15, 0.2) is 0 Å². The molecule has 0 radical (unpaired) electrons. The smallest absolute Gasteiger partial charge is 0.315 e. The van der Waals surface area contributed by atoms with Crippen molar-refractivity contribution in [3.05, 3.63) is 78.1 Å². The lowest BCUT2D eigenvalue weighted by Crippen LogP contribution is -2.17. The first-order valence-electron chi connectivity index (χ1n) is 9.51. The van der Waals surface area contributed by atoms with E-state index >= 15 is 0 Å². The minimum absolute atomic E-state index is 0.265. The number of hydrogen-bond donors (Lipinski definition) is 3. The van der Waals surface area contributed by atoms with Gasteiger partial charge in [-0.2, -0.15) is 0 Å². The van der Waals surface area contributed by atoms with Crippen LogP contribution in [0.3, 0.4) is 0 Å². The predicted octanol–water partition coefficient (Wildman–Crippen LogP) is 2.96. The highest BCUT2D eigenvalue weighted by atomic mass is 16.5. The van der Waals surface area contributed by atoms with E-state index in [1.807, 2.05) is 6.07 Å². The van der Waals surface area contributed by atoms with Crippen LogP contribution in [0, 0.1) is 0 Å². The Bertz CT molecular complexity index is 1100. The first-order chi connectivity index (χ1) is 15.0. The molecule has 4 N–H and O–H groups in total. The molecule has 0 saturated carbocycles. The molecule has 0 unspecified atom stereocenters. The molecule has 3 aromatic rings. The van der Waals surface area contributed by atoms with Crippen molar-refractivity contribution in [3.63, 3.8) is 0 Å². The van der Waals surface area contributed by atoms with Gasteiger partial charge >= 0.3 is 5.97 Å². The number of aromatic nitrogens is 1. The van der Waals surface area contributed by atoms with Crippen LogP contribution in [0.15, 0.2) is 67.0 Å². The number of nitrogens with two attached hydrogens (primary N) is 1. The van der Waals surface area contributed by atoms with Crippen LogP contribution < -0.4 is 16.4 Å². The molecule has 2 aromatic carbocycles. The minimum atomic E-state index is -0.619. The molecule has 3 rings (SSSR count). The average molecular weight is 418 g/mol. The summed E-state index contributed by atoms with van der Waals surface area (Å²) in [5, 5.41) is 5.49. The number of benzene rings is 2. The zero-order chi connectivity index (χ0) is 22.2. The topological polar surface area (TPSA) is 123 Å². The van der Waals surface area contributed by atoms with Crippen LogP contribution in [0.2, 0.25) is 0 Å². The van der Waals surface area contributed by atoms with Gasteiger partial charge in [-0.3, -0.25) is 19.4 Å². The first kappa shape index (κ1) is 21.7. The molecule has 0 aliphatic heterocycles. The van der Waals surface area contributed by atoms with E-state index < -0.39 is 11.9 Å². The SMILES string of the molecule is COC(=O)CC(=O)Nc1cccc(-c2cc(C(=O)Nc3ccncc3)ccc2CN)c1. The van der Waals surface area contributed by atoms with Gasteiger partial charge in [0.1, 0.15) is 6.42 Å². The molecule has 0 aliphatic carbocycles. The molecule has 8 heteroatoms. The average Bonchev–Trinajstić information content (AvgIpc) is 2.79. The Kier molecular flexibility index (Phi) is 7.08. The van der Waals surface area contributed by atoms with Crippen molar-refractivity contribution in [1.82, 2.24) is 4.98 Å². The molecule has 0 spiro atoms. The van der Waals surface area contributed by atoms with Crippen molar-refractivity contribution in [2.45, 2.75) is 13.0 Å². The summed E-state index contributed by atoms with van der Waals surface area (Å²) < 4.78 is 4.51. The maximum atomic E-state index is 12.7. The van der Waals surface area contributed by atoms with Crippen LogP contribution in [0.25, 0.3) is 11.1 Å². The van der Waals surface area contributed by atoms with Crippen molar-refractivity contribution in [3.8, 4) is 11.1 Å². The van der Waals surface area contributed by atoms with Crippen LogP contribution in [0.5, 0.6) is 0 Å². The van der Waals surface area contributed by atoms with Gasteiger partial charge in [-0.25, -0.2) is 0 Å². The summed E-state index contributed by atoms with van der Waals surface area (Å²) in [6.07, 6.45) is 2.82. The number of esters is 1. The van der Waals surface area contributed by atoms with E-state index in [0.717, 1.165) is 16.7 Å². The van der Waals surface area contributed by atoms with Gasteiger partial charge in [0.05, 0.1) is 7.11 Å². The van der Waals surface area contributed by atoms with E-state index in [9.17, 15) is 14.4 Å². The van der Waals surface area contributed by atoms with E-state index in [-0.39, 0.29) is 18.9 Å². The van der Waals surface area contributed by atoms with Crippen LogP contribution in [-0.2, 0) is 20.9 Å². The van der Waals surface area contributed by atoms with Gasteiger partial charge in [0.25, 0.3) is 5.91 Å². The highest BCUT2D eigenvalue weighted by molar-refractivity contribution is 6.05. The van der Waals surface area contributed by atoms with E-state index in [4.69, 9.17) is 5.73 Å². The zero-order valence-electron chi connectivity index (χ0n) is 16.9. The van der Waals surface area contributed by atoms with Crippen molar-refractivity contribution >= 4 is 29.2 Å². The van der Waals surface area contributed by atoms with Crippen molar-refractivity contribution in [2.24, 2.45) is 5.73 Å². The van der Waals surface area contributed by atoms with Crippen LogP contribution in [0.1, 0.15) is 22.3 Å². The van der Waals surface area contributed by atoms with Gasteiger partial charge in [-0.15, -0.1) is 0 Å². The van der Waals surface area contributed by atoms with E-state index in [2.05, 4.69) is 20.4 Å².